The zero-order valence-electron chi connectivity index (χ0n) is 11.0. The highest BCUT2D eigenvalue weighted by molar-refractivity contribution is 7.10. The van der Waals surface area contributed by atoms with Gasteiger partial charge in [0.25, 0.3) is 0 Å². The van der Waals surface area contributed by atoms with Crippen molar-refractivity contribution in [2.45, 2.75) is 18.9 Å². The molecule has 0 spiro atoms. The van der Waals surface area contributed by atoms with Gasteiger partial charge in [0.2, 0.25) is 0 Å². The van der Waals surface area contributed by atoms with Crippen LogP contribution in [0.5, 0.6) is 0 Å². The summed E-state index contributed by atoms with van der Waals surface area (Å²) in [5, 5.41) is 12.6. The molecule has 3 rings (SSSR count). The van der Waals surface area contributed by atoms with E-state index in [1.165, 1.54) is 0 Å². The molecular weight excluding hydrogens is 256 g/mol. The Bertz CT molecular complexity index is 698. The van der Waals surface area contributed by atoms with Crippen LogP contribution in [0.3, 0.4) is 0 Å². The molecule has 1 N–H and O–H groups in total. The van der Waals surface area contributed by atoms with Gasteiger partial charge in [-0.25, -0.2) is 4.98 Å². The Balaban J connectivity index is 2.00. The number of para-hydroxylation sites is 2. The maximum absolute atomic E-state index is 10.6. The molecule has 0 aliphatic heterocycles. The fourth-order valence-electron chi connectivity index (χ4n) is 2.33. The highest BCUT2D eigenvalue weighted by Gasteiger charge is 2.27. The van der Waals surface area contributed by atoms with E-state index < -0.39 is 5.60 Å². The zero-order valence-corrected chi connectivity index (χ0v) is 11.8. The summed E-state index contributed by atoms with van der Waals surface area (Å²) in [7, 11) is 2.00. The molecule has 2 heterocycles. The molecule has 3 aromatic rings. The molecule has 1 aromatic carbocycles. The Hall–Kier alpha value is -1.65. The van der Waals surface area contributed by atoms with Crippen LogP contribution in [0.1, 0.15) is 17.6 Å². The predicted octanol–water partition coefficient (Wildman–Crippen LogP) is 3.09. The number of aromatic nitrogens is 2. The minimum absolute atomic E-state index is 0.513. The van der Waals surface area contributed by atoms with E-state index in [-0.39, 0.29) is 0 Å². The van der Waals surface area contributed by atoms with Crippen molar-refractivity contribution in [2.24, 2.45) is 7.05 Å². The molecule has 3 nitrogen and oxygen atoms in total. The number of imidazole rings is 1. The average molecular weight is 272 g/mol. The van der Waals surface area contributed by atoms with Crippen LogP contribution in [0.25, 0.3) is 11.0 Å². The molecule has 19 heavy (non-hydrogen) atoms. The second-order valence-electron chi connectivity index (χ2n) is 5.00. The minimum atomic E-state index is -0.872. The van der Waals surface area contributed by atoms with E-state index in [4.69, 9.17) is 0 Å². The van der Waals surface area contributed by atoms with Gasteiger partial charge in [-0.05, 0) is 30.5 Å². The van der Waals surface area contributed by atoms with Crippen LogP contribution in [0.4, 0.5) is 0 Å². The first kappa shape index (κ1) is 12.4. The van der Waals surface area contributed by atoms with Crippen molar-refractivity contribution in [3.63, 3.8) is 0 Å². The first-order valence-electron chi connectivity index (χ1n) is 6.24. The summed E-state index contributed by atoms with van der Waals surface area (Å²) in [5.41, 5.74) is 1.20. The zero-order chi connectivity index (χ0) is 13.5. The maximum Gasteiger partial charge on any atom is 0.112 e. The van der Waals surface area contributed by atoms with Crippen molar-refractivity contribution in [3.05, 3.63) is 52.5 Å². The lowest BCUT2D eigenvalue weighted by Gasteiger charge is -2.21. The Morgan fingerprint density at radius 1 is 1.26 bits per heavy atom. The molecule has 0 saturated carbocycles. The van der Waals surface area contributed by atoms with Gasteiger partial charge in [0.15, 0.2) is 0 Å². The van der Waals surface area contributed by atoms with E-state index in [9.17, 15) is 5.11 Å². The Morgan fingerprint density at radius 2 is 2.05 bits per heavy atom. The molecule has 1 unspecified atom stereocenters. The lowest BCUT2D eigenvalue weighted by molar-refractivity contribution is 0.0587. The molecule has 0 fully saturated rings. The molecule has 0 saturated heterocycles. The molecule has 0 aliphatic rings. The first-order chi connectivity index (χ1) is 9.08. The SMILES string of the molecule is Cn1c(CC(C)(O)c2cccs2)nc2ccccc21. The van der Waals surface area contributed by atoms with Crippen molar-refractivity contribution in [1.29, 1.82) is 0 Å². The number of hydrogen-bond donors (Lipinski definition) is 1. The van der Waals surface area contributed by atoms with Gasteiger partial charge in [-0.15, -0.1) is 11.3 Å². The maximum atomic E-state index is 10.6. The standard InChI is InChI=1S/C15H16N2OS/c1-15(18,13-8-5-9-19-13)10-14-16-11-6-3-4-7-12(11)17(14)2/h3-9,18H,10H2,1-2H3. The van der Waals surface area contributed by atoms with E-state index in [1.807, 2.05) is 55.7 Å². The van der Waals surface area contributed by atoms with Crippen molar-refractivity contribution >= 4 is 22.4 Å². The second kappa shape index (κ2) is 4.47. The van der Waals surface area contributed by atoms with Gasteiger partial charge in [0.1, 0.15) is 11.4 Å². The van der Waals surface area contributed by atoms with E-state index in [1.54, 1.807) is 11.3 Å². The highest BCUT2D eigenvalue weighted by Crippen LogP contribution is 2.29. The van der Waals surface area contributed by atoms with Gasteiger partial charge in [0.05, 0.1) is 11.0 Å². The van der Waals surface area contributed by atoms with Gasteiger partial charge in [-0.3, -0.25) is 0 Å². The van der Waals surface area contributed by atoms with Crippen molar-refractivity contribution in [2.75, 3.05) is 0 Å². The van der Waals surface area contributed by atoms with Crippen LogP contribution in [0.2, 0.25) is 0 Å². The van der Waals surface area contributed by atoms with Crippen LogP contribution >= 0.6 is 11.3 Å². The van der Waals surface area contributed by atoms with E-state index in [0.717, 1.165) is 21.7 Å². The second-order valence-corrected chi connectivity index (χ2v) is 5.95. The summed E-state index contributed by atoms with van der Waals surface area (Å²) in [5.74, 6) is 0.902. The fourth-order valence-corrected chi connectivity index (χ4v) is 3.12. The third-order valence-corrected chi connectivity index (χ3v) is 4.56. The summed E-state index contributed by atoms with van der Waals surface area (Å²) in [6, 6.07) is 12.0. The number of aliphatic hydroxyl groups is 1. The number of benzene rings is 1. The number of nitrogens with zero attached hydrogens (tertiary/aromatic N) is 2. The molecule has 0 bridgehead atoms. The number of rotatable bonds is 3. The number of aryl methyl sites for hydroxylation is 1. The number of thiophene rings is 1. The smallest absolute Gasteiger partial charge is 0.112 e. The number of fused-ring (bicyclic) bond motifs is 1. The van der Waals surface area contributed by atoms with Crippen LogP contribution in [0.15, 0.2) is 41.8 Å². The van der Waals surface area contributed by atoms with Gasteiger partial charge in [-0.2, -0.15) is 0 Å². The summed E-state index contributed by atoms with van der Waals surface area (Å²) >= 11 is 1.57. The fraction of sp³-hybridized carbons (Fsp3) is 0.267. The monoisotopic (exact) mass is 272 g/mol. The predicted molar refractivity (Wildman–Crippen MR) is 78.3 cm³/mol. The summed E-state index contributed by atoms with van der Waals surface area (Å²) in [6.07, 6.45) is 0.513. The highest BCUT2D eigenvalue weighted by atomic mass is 32.1. The molecular formula is C15H16N2OS. The first-order valence-corrected chi connectivity index (χ1v) is 7.12. The third-order valence-electron chi connectivity index (χ3n) is 3.43. The van der Waals surface area contributed by atoms with Crippen LogP contribution in [-0.4, -0.2) is 14.7 Å². The molecule has 1 atom stereocenters. The molecule has 98 valence electrons. The summed E-state index contributed by atoms with van der Waals surface area (Å²) in [6.45, 7) is 1.85. The van der Waals surface area contributed by atoms with E-state index >= 15 is 0 Å². The van der Waals surface area contributed by atoms with Gasteiger partial charge < -0.3 is 9.67 Å². The summed E-state index contributed by atoms with van der Waals surface area (Å²) in [4.78, 5) is 5.59. The Kier molecular flexibility index (Phi) is 2.92. The topological polar surface area (TPSA) is 38.0 Å². The van der Waals surface area contributed by atoms with Crippen LogP contribution in [-0.2, 0) is 19.1 Å². The molecule has 2 aromatic heterocycles. The van der Waals surface area contributed by atoms with Crippen molar-refractivity contribution < 1.29 is 5.11 Å². The largest absolute Gasteiger partial charge is 0.384 e. The van der Waals surface area contributed by atoms with E-state index in [0.29, 0.717) is 6.42 Å². The third kappa shape index (κ3) is 2.17. The minimum Gasteiger partial charge on any atom is -0.384 e. The van der Waals surface area contributed by atoms with Crippen molar-refractivity contribution in [3.8, 4) is 0 Å². The number of hydrogen-bond acceptors (Lipinski definition) is 3. The molecule has 4 heteroatoms. The van der Waals surface area contributed by atoms with Crippen molar-refractivity contribution in [1.82, 2.24) is 9.55 Å². The molecule has 0 radical (unpaired) electrons. The van der Waals surface area contributed by atoms with Crippen LogP contribution in [0, 0.1) is 0 Å². The quantitative estimate of drug-likeness (QED) is 0.795. The van der Waals surface area contributed by atoms with Gasteiger partial charge in [-0.1, -0.05) is 18.2 Å². The van der Waals surface area contributed by atoms with Gasteiger partial charge in [0, 0.05) is 18.3 Å². The van der Waals surface area contributed by atoms with Gasteiger partial charge >= 0.3 is 0 Å². The average Bonchev–Trinajstić information content (AvgIpc) is 3.00. The molecule has 0 amide bonds. The Morgan fingerprint density at radius 3 is 2.74 bits per heavy atom. The summed E-state index contributed by atoms with van der Waals surface area (Å²) < 4.78 is 2.05. The lowest BCUT2D eigenvalue weighted by atomic mass is 10.00. The Labute approximate surface area is 116 Å². The van der Waals surface area contributed by atoms with E-state index in [2.05, 4.69) is 9.55 Å². The lowest BCUT2D eigenvalue weighted by Crippen LogP contribution is -2.24. The molecule has 0 aliphatic carbocycles. The van der Waals surface area contributed by atoms with Crippen LogP contribution < -0.4 is 0 Å². The normalized spacial score (nSPS) is 14.7.